The summed E-state index contributed by atoms with van der Waals surface area (Å²) in [7, 11) is 1.61. The molecule has 1 aromatic heterocycles. The summed E-state index contributed by atoms with van der Waals surface area (Å²) < 4.78 is 46.9. The van der Waals surface area contributed by atoms with Gasteiger partial charge in [0.15, 0.2) is 0 Å². The SMILES string of the molecule is COc1ccc(Br)cc1-c1nn(-c2ccc(C(F)(F)F)cc2)c2c1CCCCN2. The fraction of sp³-hybridized carbons (Fsp3) is 0.286. The van der Waals surface area contributed by atoms with Crippen LogP contribution in [0.25, 0.3) is 16.9 Å². The van der Waals surface area contributed by atoms with E-state index in [1.807, 2.05) is 18.2 Å². The van der Waals surface area contributed by atoms with Gasteiger partial charge in [0.25, 0.3) is 0 Å². The van der Waals surface area contributed by atoms with Crippen molar-refractivity contribution in [3.05, 3.63) is 58.1 Å². The zero-order valence-corrected chi connectivity index (χ0v) is 17.3. The molecule has 2 heterocycles. The van der Waals surface area contributed by atoms with Crippen LogP contribution in [0.4, 0.5) is 19.0 Å². The third kappa shape index (κ3) is 3.85. The van der Waals surface area contributed by atoms with Crippen LogP contribution in [0.15, 0.2) is 46.9 Å². The van der Waals surface area contributed by atoms with E-state index >= 15 is 0 Å². The normalized spacial score (nSPS) is 14.1. The third-order valence-electron chi connectivity index (χ3n) is 4.99. The molecule has 0 fully saturated rings. The second-order valence-corrected chi connectivity index (χ2v) is 7.78. The van der Waals surface area contributed by atoms with E-state index < -0.39 is 11.7 Å². The van der Waals surface area contributed by atoms with Crippen molar-refractivity contribution >= 4 is 21.7 Å². The lowest BCUT2D eigenvalue weighted by atomic mass is 10.0. The van der Waals surface area contributed by atoms with Gasteiger partial charge in [-0.25, -0.2) is 4.68 Å². The van der Waals surface area contributed by atoms with Crippen LogP contribution in [0, 0.1) is 0 Å². The molecular formula is C21H19BrF3N3O. The lowest BCUT2D eigenvalue weighted by Crippen LogP contribution is -2.08. The minimum absolute atomic E-state index is 0.573. The minimum Gasteiger partial charge on any atom is -0.496 e. The highest BCUT2D eigenvalue weighted by molar-refractivity contribution is 9.10. The first kappa shape index (κ1) is 19.8. The molecule has 0 radical (unpaired) electrons. The van der Waals surface area contributed by atoms with E-state index in [0.29, 0.717) is 11.4 Å². The molecule has 0 bridgehead atoms. The average Bonchev–Trinajstić information content (AvgIpc) is 2.88. The standard InChI is InChI=1S/C21H19BrF3N3O/c1-29-18-10-7-14(22)12-17(18)19-16-4-2-3-11-26-20(16)28(27-19)15-8-5-13(6-9-15)21(23,24)25/h5-10,12,26H,2-4,11H2,1H3. The molecule has 0 saturated carbocycles. The Morgan fingerprint density at radius 2 is 1.86 bits per heavy atom. The Kier molecular flexibility index (Phi) is 5.29. The molecule has 0 aliphatic carbocycles. The van der Waals surface area contributed by atoms with Gasteiger partial charge in [-0.3, -0.25) is 0 Å². The fourth-order valence-electron chi connectivity index (χ4n) is 3.56. The van der Waals surface area contributed by atoms with Crippen molar-refractivity contribution in [1.29, 1.82) is 0 Å². The van der Waals surface area contributed by atoms with Gasteiger partial charge in [0.2, 0.25) is 0 Å². The average molecular weight is 466 g/mol. The summed E-state index contributed by atoms with van der Waals surface area (Å²) in [6, 6.07) is 10.8. The van der Waals surface area contributed by atoms with Gasteiger partial charge < -0.3 is 10.1 Å². The van der Waals surface area contributed by atoms with E-state index in [1.165, 1.54) is 12.1 Å². The predicted octanol–water partition coefficient (Wildman–Crippen LogP) is 6.08. The molecule has 4 rings (SSSR count). The number of fused-ring (bicyclic) bond motifs is 1. The number of ether oxygens (including phenoxy) is 1. The molecule has 152 valence electrons. The van der Waals surface area contributed by atoms with Crippen LogP contribution in [-0.2, 0) is 12.6 Å². The van der Waals surface area contributed by atoms with E-state index in [2.05, 4.69) is 21.2 Å². The molecule has 1 N–H and O–H groups in total. The van der Waals surface area contributed by atoms with E-state index in [4.69, 9.17) is 9.84 Å². The largest absolute Gasteiger partial charge is 0.496 e. The van der Waals surface area contributed by atoms with Crippen molar-refractivity contribution in [3.8, 4) is 22.7 Å². The zero-order chi connectivity index (χ0) is 20.6. The monoisotopic (exact) mass is 465 g/mol. The van der Waals surface area contributed by atoms with Crippen LogP contribution in [0.5, 0.6) is 5.75 Å². The zero-order valence-electron chi connectivity index (χ0n) is 15.7. The summed E-state index contributed by atoms with van der Waals surface area (Å²) in [5.41, 5.74) is 2.55. The molecule has 0 atom stereocenters. The Hall–Kier alpha value is -2.48. The summed E-state index contributed by atoms with van der Waals surface area (Å²) >= 11 is 3.50. The van der Waals surface area contributed by atoms with Crippen LogP contribution < -0.4 is 10.1 Å². The van der Waals surface area contributed by atoms with Gasteiger partial charge in [0.05, 0.1) is 18.4 Å². The van der Waals surface area contributed by atoms with Crippen LogP contribution >= 0.6 is 15.9 Å². The van der Waals surface area contributed by atoms with Crippen LogP contribution in [0.2, 0.25) is 0 Å². The van der Waals surface area contributed by atoms with Crippen LogP contribution in [0.3, 0.4) is 0 Å². The molecule has 0 amide bonds. The number of methoxy groups -OCH3 is 1. The second kappa shape index (κ2) is 7.74. The fourth-order valence-corrected chi connectivity index (χ4v) is 3.92. The molecule has 0 spiro atoms. The maximum absolute atomic E-state index is 12.9. The number of nitrogens with one attached hydrogen (secondary N) is 1. The topological polar surface area (TPSA) is 39.1 Å². The Bertz CT molecular complexity index is 1030. The Morgan fingerprint density at radius 1 is 1.10 bits per heavy atom. The first-order chi connectivity index (χ1) is 13.9. The van der Waals surface area contributed by atoms with Crippen molar-refractivity contribution in [2.24, 2.45) is 0 Å². The number of halogens is 4. The third-order valence-corrected chi connectivity index (χ3v) is 5.48. The van der Waals surface area contributed by atoms with E-state index in [-0.39, 0.29) is 0 Å². The summed E-state index contributed by atoms with van der Waals surface area (Å²) in [6.45, 7) is 0.786. The van der Waals surface area contributed by atoms with Crippen LogP contribution in [-0.4, -0.2) is 23.4 Å². The minimum atomic E-state index is -4.37. The maximum atomic E-state index is 12.9. The number of benzene rings is 2. The van der Waals surface area contributed by atoms with E-state index in [1.54, 1.807) is 11.8 Å². The molecule has 8 heteroatoms. The highest BCUT2D eigenvalue weighted by atomic mass is 79.9. The lowest BCUT2D eigenvalue weighted by molar-refractivity contribution is -0.137. The highest BCUT2D eigenvalue weighted by Gasteiger charge is 2.30. The molecule has 0 unspecified atom stereocenters. The first-order valence-electron chi connectivity index (χ1n) is 9.26. The van der Waals surface area contributed by atoms with Gasteiger partial charge in [0, 0.05) is 22.1 Å². The quantitative estimate of drug-likeness (QED) is 0.509. The van der Waals surface area contributed by atoms with Crippen molar-refractivity contribution in [1.82, 2.24) is 9.78 Å². The summed E-state index contributed by atoms with van der Waals surface area (Å²) in [5, 5.41) is 8.19. The van der Waals surface area contributed by atoms with E-state index in [9.17, 15) is 13.2 Å². The molecule has 0 saturated heterocycles. The predicted molar refractivity (Wildman–Crippen MR) is 110 cm³/mol. The smallest absolute Gasteiger partial charge is 0.416 e. The number of anilines is 1. The molecule has 4 nitrogen and oxygen atoms in total. The van der Waals surface area contributed by atoms with Gasteiger partial charge in [-0.05, 0) is 61.7 Å². The van der Waals surface area contributed by atoms with Crippen LogP contribution in [0.1, 0.15) is 24.0 Å². The lowest BCUT2D eigenvalue weighted by Gasteiger charge is -2.11. The Labute approximate surface area is 174 Å². The Morgan fingerprint density at radius 3 is 2.55 bits per heavy atom. The van der Waals surface area contributed by atoms with Gasteiger partial charge in [0.1, 0.15) is 17.3 Å². The maximum Gasteiger partial charge on any atom is 0.416 e. The number of hydrogen-bond donors (Lipinski definition) is 1. The van der Waals surface area contributed by atoms with E-state index in [0.717, 1.165) is 65.1 Å². The highest BCUT2D eigenvalue weighted by Crippen LogP contribution is 2.39. The number of alkyl halides is 3. The summed E-state index contributed by atoms with van der Waals surface area (Å²) in [4.78, 5) is 0. The summed E-state index contributed by atoms with van der Waals surface area (Å²) in [6.07, 6.45) is -1.53. The summed E-state index contributed by atoms with van der Waals surface area (Å²) in [5.74, 6) is 1.51. The number of nitrogens with zero attached hydrogens (tertiary/aromatic N) is 2. The van der Waals surface area contributed by atoms with Gasteiger partial charge >= 0.3 is 6.18 Å². The molecular weight excluding hydrogens is 447 g/mol. The molecule has 1 aliphatic rings. The molecule has 29 heavy (non-hydrogen) atoms. The second-order valence-electron chi connectivity index (χ2n) is 6.86. The molecule has 3 aromatic rings. The van der Waals surface area contributed by atoms with Crippen molar-refractivity contribution in [2.75, 3.05) is 19.0 Å². The molecule has 1 aliphatic heterocycles. The number of hydrogen-bond acceptors (Lipinski definition) is 3. The molecule has 2 aromatic carbocycles. The number of rotatable bonds is 3. The van der Waals surface area contributed by atoms with Crippen molar-refractivity contribution in [3.63, 3.8) is 0 Å². The van der Waals surface area contributed by atoms with Crippen molar-refractivity contribution < 1.29 is 17.9 Å². The first-order valence-corrected chi connectivity index (χ1v) is 10.0. The Balaban J connectivity index is 1.88. The van der Waals surface area contributed by atoms with Gasteiger partial charge in [-0.1, -0.05) is 15.9 Å². The number of aromatic nitrogens is 2. The van der Waals surface area contributed by atoms with Gasteiger partial charge in [-0.15, -0.1) is 0 Å². The van der Waals surface area contributed by atoms with Gasteiger partial charge in [-0.2, -0.15) is 18.3 Å². The van der Waals surface area contributed by atoms with Crippen molar-refractivity contribution in [2.45, 2.75) is 25.4 Å².